The van der Waals surface area contributed by atoms with Crippen molar-refractivity contribution >= 4 is 11.6 Å². The van der Waals surface area contributed by atoms with E-state index in [1.165, 1.54) is 5.56 Å². The molecule has 0 saturated carbocycles. The summed E-state index contributed by atoms with van der Waals surface area (Å²) in [6, 6.07) is 7.86. The Bertz CT molecular complexity index is 330. The van der Waals surface area contributed by atoms with Gasteiger partial charge in [-0.1, -0.05) is 26.0 Å². The Labute approximate surface area is 96.5 Å². The van der Waals surface area contributed by atoms with Crippen molar-refractivity contribution in [3.63, 3.8) is 0 Å². The second-order valence-electron chi connectivity index (χ2n) is 4.15. The van der Waals surface area contributed by atoms with E-state index in [1.54, 1.807) is 0 Å². The molecule has 3 heteroatoms. The van der Waals surface area contributed by atoms with Crippen LogP contribution in [-0.2, 0) is 4.79 Å². The Hall–Kier alpha value is -1.35. The van der Waals surface area contributed by atoms with E-state index < -0.39 is 0 Å². The van der Waals surface area contributed by atoms with E-state index >= 15 is 0 Å². The molecule has 1 amide bonds. The average Bonchev–Trinajstić information content (AvgIpc) is 2.27. The first-order valence-corrected chi connectivity index (χ1v) is 5.64. The second kappa shape index (κ2) is 6.28. The summed E-state index contributed by atoms with van der Waals surface area (Å²) in [4.78, 5) is 11.4. The zero-order chi connectivity index (χ0) is 12.0. The molecule has 0 aliphatic heterocycles. The van der Waals surface area contributed by atoms with E-state index in [9.17, 15) is 4.79 Å². The quantitative estimate of drug-likeness (QED) is 0.802. The minimum absolute atomic E-state index is 0.0497. The molecule has 0 spiro atoms. The average molecular weight is 221 g/mol. The van der Waals surface area contributed by atoms with Gasteiger partial charge in [0.2, 0.25) is 5.91 Å². The maximum Gasteiger partial charge on any atom is 0.224 e. The van der Waals surface area contributed by atoms with Crippen molar-refractivity contribution in [2.45, 2.75) is 32.6 Å². The highest BCUT2D eigenvalue weighted by molar-refractivity contribution is 5.90. The van der Waals surface area contributed by atoms with Gasteiger partial charge >= 0.3 is 0 Å². The van der Waals surface area contributed by atoms with Crippen molar-refractivity contribution in [2.75, 3.05) is 11.9 Å². The van der Waals surface area contributed by atoms with Crippen LogP contribution >= 0.6 is 0 Å². The molecule has 0 saturated heterocycles. The maximum atomic E-state index is 11.4. The monoisotopic (exact) mass is 221 g/mol. The standard InChI is InChI=1S/C13H19NO2/c1-10(2)11-5-7-12(8-6-11)14-13(16)4-3-9-15/h5-8,10,15H,3-4,9H2,1-2H3,(H,14,16). The largest absolute Gasteiger partial charge is 0.396 e. The maximum absolute atomic E-state index is 11.4. The fraction of sp³-hybridized carbons (Fsp3) is 0.462. The van der Waals surface area contributed by atoms with E-state index in [4.69, 9.17) is 5.11 Å². The number of amides is 1. The molecule has 0 atom stereocenters. The minimum Gasteiger partial charge on any atom is -0.396 e. The van der Waals surface area contributed by atoms with Gasteiger partial charge in [-0.25, -0.2) is 0 Å². The van der Waals surface area contributed by atoms with Crippen LogP contribution in [0, 0.1) is 0 Å². The smallest absolute Gasteiger partial charge is 0.224 e. The van der Waals surface area contributed by atoms with Crippen LogP contribution < -0.4 is 5.32 Å². The Kier molecular flexibility index (Phi) is 4.99. The summed E-state index contributed by atoms with van der Waals surface area (Å²) in [7, 11) is 0. The molecule has 0 unspecified atom stereocenters. The summed E-state index contributed by atoms with van der Waals surface area (Å²) in [5.41, 5.74) is 2.07. The van der Waals surface area contributed by atoms with Crippen LogP contribution in [0.3, 0.4) is 0 Å². The van der Waals surface area contributed by atoms with Gasteiger partial charge in [0.15, 0.2) is 0 Å². The number of aliphatic hydroxyl groups excluding tert-OH is 1. The van der Waals surface area contributed by atoms with Gasteiger partial charge in [0, 0.05) is 18.7 Å². The van der Waals surface area contributed by atoms with Gasteiger partial charge in [-0.3, -0.25) is 4.79 Å². The summed E-state index contributed by atoms with van der Waals surface area (Å²) in [6.07, 6.45) is 0.873. The lowest BCUT2D eigenvalue weighted by molar-refractivity contribution is -0.116. The number of nitrogens with one attached hydrogen (secondary N) is 1. The first-order chi connectivity index (χ1) is 7.63. The summed E-state index contributed by atoms with van der Waals surface area (Å²) in [6.45, 7) is 4.32. The van der Waals surface area contributed by atoms with Crippen LogP contribution in [0.5, 0.6) is 0 Å². The fourth-order valence-corrected chi connectivity index (χ4v) is 1.41. The molecular weight excluding hydrogens is 202 g/mol. The van der Waals surface area contributed by atoms with Gasteiger partial charge in [-0.15, -0.1) is 0 Å². The number of carbonyl (C=O) groups excluding carboxylic acids is 1. The number of anilines is 1. The zero-order valence-corrected chi connectivity index (χ0v) is 9.86. The van der Waals surface area contributed by atoms with E-state index in [-0.39, 0.29) is 12.5 Å². The fourth-order valence-electron chi connectivity index (χ4n) is 1.41. The Balaban J connectivity index is 2.51. The zero-order valence-electron chi connectivity index (χ0n) is 9.86. The van der Waals surface area contributed by atoms with Crippen molar-refractivity contribution in [3.8, 4) is 0 Å². The molecule has 1 rings (SSSR count). The van der Waals surface area contributed by atoms with Crippen LogP contribution in [-0.4, -0.2) is 17.6 Å². The van der Waals surface area contributed by atoms with Crippen LogP contribution in [0.25, 0.3) is 0 Å². The summed E-state index contributed by atoms with van der Waals surface area (Å²) in [5.74, 6) is 0.450. The third kappa shape index (κ3) is 4.03. The van der Waals surface area contributed by atoms with E-state index in [0.29, 0.717) is 18.8 Å². The van der Waals surface area contributed by atoms with Gasteiger partial charge in [-0.2, -0.15) is 0 Å². The molecule has 16 heavy (non-hydrogen) atoms. The van der Waals surface area contributed by atoms with Crippen LogP contribution in [0.15, 0.2) is 24.3 Å². The van der Waals surface area contributed by atoms with Crippen LogP contribution in [0.1, 0.15) is 38.2 Å². The third-order valence-electron chi connectivity index (χ3n) is 2.42. The molecule has 3 nitrogen and oxygen atoms in total. The molecule has 0 aliphatic carbocycles. The highest BCUT2D eigenvalue weighted by Gasteiger charge is 2.02. The normalized spacial score (nSPS) is 10.5. The van der Waals surface area contributed by atoms with Gasteiger partial charge in [0.25, 0.3) is 0 Å². The topological polar surface area (TPSA) is 49.3 Å². The first kappa shape index (κ1) is 12.7. The minimum atomic E-state index is -0.0497. The number of carbonyl (C=O) groups is 1. The molecule has 0 bridgehead atoms. The summed E-state index contributed by atoms with van der Waals surface area (Å²) >= 11 is 0. The highest BCUT2D eigenvalue weighted by Crippen LogP contribution is 2.17. The van der Waals surface area contributed by atoms with Gasteiger partial charge < -0.3 is 10.4 Å². The van der Waals surface area contributed by atoms with Crippen molar-refractivity contribution in [1.82, 2.24) is 0 Å². The SMILES string of the molecule is CC(C)c1ccc(NC(=O)CCCO)cc1. The number of hydrogen-bond acceptors (Lipinski definition) is 2. The molecule has 0 fully saturated rings. The Morgan fingerprint density at radius 1 is 1.31 bits per heavy atom. The van der Waals surface area contributed by atoms with Crippen molar-refractivity contribution in [3.05, 3.63) is 29.8 Å². The summed E-state index contributed by atoms with van der Waals surface area (Å²) < 4.78 is 0. The van der Waals surface area contributed by atoms with Crippen LogP contribution in [0.2, 0.25) is 0 Å². The third-order valence-corrected chi connectivity index (χ3v) is 2.42. The predicted octanol–water partition coefficient (Wildman–Crippen LogP) is 2.52. The lowest BCUT2D eigenvalue weighted by Crippen LogP contribution is -2.11. The van der Waals surface area contributed by atoms with Crippen molar-refractivity contribution < 1.29 is 9.90 Å². The molecular formula is C13H19NO2. The molecule has 88 valence electrons. The number of aliphatic hydroxyl groups is 1. The van der Waals surface area contributed by atoms with Gasteiger partial charge in [0.1, 0.15) is 0 Å². The molecule has 1 aromatic rings. The number of rotatable bonds is 5. The van der Waals surface area contributed by atoms with Gasteiger partial charge in [0.05, 0.1) is 0 Å². The highest BCUT2D eigenvalue weighted by atomic mass is 16.3. The Morgan fingerprint density at radius 3 is 2.44 bits per heavy atom. The van der Waals surface area contributed by atoms with E-state index in [0.717, 1.165) is 5.69 Å². The molecule has 0 radical (unpaired) electrons. The number of benzene rings is 1. The lowest BCUT2D eigenvalue weighted by atomic mass is 10.0. The van der Waals surface area contributed by atoms with Crippen molar-refractivity contribution in [1.29, 1.82) is 0 Å². The second-order valence-corrected chi connectivity index (χ2v) is 4.15. The molecule has 0 aromatic heterocycles. The van der Waals surface area contributed by atoms with E-state index in [1.807, 2.05) is 24.3 Å². The van der Waals surface area contributed by atoms with Crippen LogP contribution in [0.4, 0.5) is 5.69 Å². The summed E-state index contributed by atoms with van der Waals surface area (Å²) in [5, 5.41) is 11.4. The Morgan fingerprint density at radius 2 is 1.94 bits per heavy atom. The van der Waals surface area contributed by atoms with Crippen molar-refractivity contribution in [2.24, 2.45) is 0 Å². The first-order valence-electron chi connectivity index (χ1n) is 5.64. The van der Waals surface area contributed by atoms with Gasteiger partial charge in [-0.05, 0) is 30.0 Å². The number of hydrogen-bond donors (Lipinski definition) is 2. The molecule has 0 aliphatic rings. The lowest BCUT2D eigenvalue weighted by Gasteiger charge is -2.08. The predicted molar refractivity (Wildman–Crippen MR) is 65.5 cm³/mol. The molecule has 2 N–H and O–H groups in total. The molecule has 0 heterocycles. The molecule has 1 aromatic carbocycles. The van der Waals surface area contributed by atoms with E-state index in [2.05, 4.69) is 19.2 Å².